The number of nitrogens with zero attached hydrogens (tertiary/aromatic N) is 3. The second-order valence-corrected chi connectivity index (χ2v) is 9.32. The predicted molar refractivity (Wildman–Crippen MR) is 114 cm³/mol. The molecule has 1 atom stereocenters. The van der Waals surface area contributed by atoms with E-state index in [0.717, 1.165) is 48.9 Å². The molecule has 0 aliphatic carbocycles. The van der Waals surface area contributed by atoms with Crippen LogP contribution in [0, 0.1) is 18.3 Å². The summed E-state index contributed by atoms with van der Waals surface area (Å²) in [4.78, 5) is 12.2. The first-order chi connectivity index (χ1) is 11.6. The summed E-state index contributed by atoms with van der Waals surface area (Å²) >= 11 is 4.54. The highest BCUT2D eigenvalue weighted by Crippen LogP contribution is 2.37. The fraction of sp³-hybridized carbons (Fsp3) is 0.810. The summed E-state index contributed by atoms with van der Waals surface area (Å²) in [5.41, 5.74) is 2.33. The van der Waals surface area contributed by atoms with Gasteiger partial charge in [-0.2, -0.15) is 12.6 Å². The third-order valence-electron chi connectivity index (χ3n) is 4.98. The van der Waals surface area contributed by atoms with Gasteiger partial charge in [-0.25, -0.2) is 4.98 Å². The van der Waals surface area contributed by atoms with Crippen LogP contribution in [0.25, 0.3) is 0 Å². The van der Waals surface area contributed by atoms with Crippen molar-refractivity contribution >= 4 is 18.4 Å². The quantitative estimate of drug-likeness (QED) is 0.541. The highest BCUT2D eigenvalue weighted by atomic mass is 32.1. The molecule has 0 aliphatic heterocycles. The second-order valence-electron chi connectivity index (χ2n) is 9.00. The Kier molecular flexibility index (Phi) is 8.24. The maximum atomic E-state index is 5.11. The highest BCUT2D eigenvalue weighted by molar-refractivity contribution is 7.80. The van der Waals surface area contributed by atoms with Crippen LogP contribution in [-0.4, -0.2) is 28.8 Å². The Morgan fingerprint density at radius 2 is 1.84 bits per heavy atom. The zero-order valence-corrected chi connectivity index (χ0v) is 18.6. The van der Waals surface area contributed by atoms with Crippen molar-refractivity contribution in [3.05, 3.63) is 17.6 Å². The maximum absolute atomic E-state index is 5.11. The number of anilines is 1. The fourth-order valence-electron chi connectivity index (χ4n) is 3.64. The second kappa shape index (κ2) is 9.25. The highest BCUT2D eigenvalue weighted by Gasteiger charge is 2.32. The van der Waals surface area contributed by atoms with Gasteiger partial charge in [0.2, 0.25) is 0 Å². The molecule has 1 heterocycles. The van der Waals surface area contributed by atoms with Gasteiger partial charge in [-0.1, -0.05) is 54.9 Å². The molecule has 0 saturated heterocycles. The normalized spacial score (nSPS) is 13.8. The first-order valence-electron chi connectivity index (χ1n) is 9.76. The van der Waals surface area contributed by atoms with E-state index in [-0.39, 0.29) is 10.8 Å². The van der Waals surface area contributed by atoms with E-state index < -0.39 is 0 Å². The summed E-state index contributed by atoms with van der Waals surface area (Å²) in [6, 6.07) is 0. The molecule has 0 fully saturated rings. The molecule has 0 aromatic carbocycles. The molecule has 25 heavy (non-hydrogen) atoms. The molecule has 1 aromatic heterocycles. The fourth-order valence-corrected chi connectivity index (χ4v) is 3.76. The van der Waals surface area contributed by atoms with Gasteiger partial charge in [0.1, 0.15) is 5.82 Å². The average molecular weight is 366 g/mol. The molecule has 0 aliphatic rings. The van der Waals surface area contributed by atoms with Gasteiger partial charge in [0.15, 0.2) is 0 Å². The topological polar surface area (TPSA) is 29.0 Å². The number of hydrogen-bond acceptors (Lipinski definition) is 4. The van der Waals surface area contributed by atoms with Gasteiger partial charge in [0.05, 0.1) is 17.6 Å². The molecule has 3 nitrogen and oxygen atoms in total. The minimum absolute atomic E-state index is 0.0203. The number of aromatic nitrogens is 2. The van der Waals surface area contributed by atoms with Crippen LogP contribution in [0.4, 0.5) is 5.82 Å². The Morgan fingerprint density at radius 3 is 2.36 bits per heavy atom. The van der Waals surface area contributed by atoms with Crippen LogP contribution in [-0.2, 0) is 5.41 Å². The number of hydrogen-bond donors (Lipinski definition) is 1. The van der Waals surface area contributed by atoms with Crippen LogP contribution in [0.15, 0.2) is 6.20 Å². The van der Waals surface area contributed by atoms with Crippen molar-refractivity contribution in [1.82, 2.24) is 9.97 Å². The zero-order chi connectivity index (χ0) is 19.3. The molecule has 1 rings (SSSR count). The molecule has 0 amide bonds. The van der Waals surface area contributed by atoms with Crippen molar-refractivity contribution in [2.24, 2.45) is 11.3 Å². The van der Waals surface area contributed by atoms with E-state index in [9.17, 15) is 0 Å². The van der Waals surface area contributed by atoms with E-state index in [0.29, 0.717) is 5.92 Å². The third kappa shape index (κ3) is 6.47. The standard InChI is InChI=1S/C21H39N3S/c1-9-11-24(13-16(3)10-2)18-12-22-17(4)19(23-18)21(7,8)14-20(5,6)15-25/h12,16,25H,9-11,13-15H2,1-8H3. The van der Waals surface area contributed by atoms with Crippen LogP contribution in [0.3, 0.4) is 0 Å². The Morgan fingerprint density at radius 1 is 1.20 bits per heavy atom. The molecule has 0 N–H and O–H groups in total. The van der Waals surface area contributed by atoms with E-state index in [4.69, 9.17) is 9.97 Å². The monoisotopic (exact) mass is 365 g/mol. The molecule has 0 radical (unpaired) electrons. The lowest BCUT2D eigenvalue weighted by atomic mass is 9.73. The van der Waals surface area contributed by atoms with Gasteiger partial charge in [-0.15, -0.1) is 0 Å². The summed E-state index contributed by atoms with van der Waals surface area (Å²) in [7, 11) is 0. The summed E-state index contributed by atoms with van der Waals surface area (Å²) in [5, 5.41) is 0. The smallest absolute Gasteiger partial charge is 0.147 e. The van der Waals surface area contributed by atoms with Crippen LogP contribution in [0.2, 0.25) is 0 Å². The molecule has 1 unspecified atom stereocenters. The van der Waals surface area contributed by atoms with Gasteiger partial charge in [0.25, 0.3) is 0 Å². The molecular formula is C21H39N3S. The maximum Gasteiger partial charge on any atom is 0.147 e. The Labute approximate surface area is 161 Å². The van der Waals surface area contributed by atoms with Gasteiger partial charge in [0, 0.05) is 18.5 Å². The largest absolute Gasteiger partial charge is 0.355 e. The lowest BCUT2D eigenvalue weighted by molar-refractivity contribution is 0.285. The van der Waals surface area contributed by atoms with Crippen molar-refractivity contribution in [3.8, 4) is 0 Å². The summed E-state index contributed by atoms with van der Waals surface area (Å²) < 4.78 is 0. The molecule has 0 saturated carbocycles. The van der Waals surface area contributed by atoms with E-state index in [1.807, 2.05) is 6.20 Å². The first-order valence-corrected chi connectivity index (χ1v) is 10.4. The molecular weight excluding hydrogens is 326 g/mol. The van der Waals surface area contributed by atoms with Gasteiger partial charge in [-0.3, -0.25) is 4.98 Å². The number of thiol groups is 1. The molecule has 0 bridgehead atoms. The van der Waals surface area contributed by atoms with E-state index in [1.165, 1.54) is 6.42 Å². The van der Waals surface area contributed by atoms with Gasteiger partial charge in [-0.05, 0) is 36.9 Å². The summed E-state index contributed by atoms with van der Waals surface area (Å²) in [6.45, 7) is 20.1. The molecule has 4 heteroatoms. The summed E-state index contributed by atoms with van der Waals surface area (Å²) in [5.74, 6) is 2.56. The van der Waals surface area contributed by atoms with E-state index >= 15 is 0 Å². The van der Waals surface area contributed by atoms with Crippen LogP contribution in [0.5, 0.6) is 0 Å². The Balaban J connectivity index is 3.19. The van der Waals surface area contributed by atoms with E-state index in [2.05, 4.69) is 72.9 Å². The number of aryl methyl sites for hydroxylation is 1. The first kappa shape index (κ1) is 22.3. The van der Waals surface area contributed by atoms with Crippen molar-refractivity contribution in [1.29, 1.82) is 0 Å². The SMILES string of the molecule is CCCN(CC(C)CC)c1cnc(C)c(C(C)(C)CC(C)(C)CS)n1. The van der Waals surface area contributed by atoms with Gasteiger partial charge < -0.3 is 4.90 Å². The van der Waals surface area contributed by atoms with Crippen molar-refractivity contribution in [2.45, 2.75) is 80.1 Å². The third-order valence-corrected chi connectivity index (χ3v) is 5.83. The Hall–Kier alpha value is -0.770. The van der Waals surface area contributed by atoms with Crippen LogP contribution >= 0.6 is 12.6 Å². The lowest BCUT2D eigenvalue weighted by Crippen LogP contribution is -2.33. The van der Waals surface area contributed by atoms with Crippen molar-refractivity contribution < 1.29 is 0 Å². The molecule has 0 spiro atoms. The zero-order valence-electron chi connectivity index (χ0n) is 17.7. The van der Waals surface area contributed by atoms with Crippen molar-refractivity contribution in [3.63, 3.8) is 0 Å². The minimum atomic E-state index is -0.0203. The van der Waals surface area contributed by atoms with Crippen LogP contribution < -0.4 is 4.90 Å². The minimum Gasteiger partial charge on any atom is -0.355 e. The lowest BCUT2D eigenvalue weighted by Gasteiger charge is -2.35. The van der Waals surface area contributed by atoms with Crippen molar-refractivity contribution in [2.75, 3.05) is 23.7 Å². The van der Waals surface area contributed by atoms with Gasteiger partial charge >= 0.3 is 0 Å². The van der Waals surface area contributed by atoms with E-state index in [1.54, 1.807) is 0 Å². The molecule has 144 valence electrons. The predicted octanol–water partition coefficient (Wildman–Crippen LogP) is 5.67. The summed E-state index contributed by atoms with van der Waals surface area (Å²) in [6.07, 6.45) is 5.31. The van der Waals surface area contributed by atoms with Crippen LogP contribution in [0.1, 0.15) is 79.1 Å². The Bertz CT molecular complexity index is 540. The number of rotatable bonds is 10. The average Bonchev–Trinajstić information content (AvgIpc) is 2.53. The molecule has 1 aromatic rings.